The van der Waals surface area contributed by atoms with Crippen molar-refractivity contribution in [1.82, 2.24) is 4.98 Å². The Morgan fingerprint density at radius 1 is 1.15 bits per heavy atom. The number of aromatic amines is 1. The predicted octanol–water partition coefficient (Wildman–Crippen LogP) is 5.82. The van der Waals surface area contributed by atoms with E-state index >= 15 is 0 Å². The van der Waals surface area contributed by atoms with Crippen LogP contribution in [0.25, 0.3) is 10.9 Å². The van der Waals surface area contributed by atoms with Crippen LogP contribution in [-0.4, -0.2) is 4.98 Å². The number of benzene rings is 2. The van der Waals surface area contributed by atoms with Crippen LogP contribution in [0.5, 0.6) is 0 Å². The Bertz CT molecular complexity index is 705. The van der Waals surface area contributed by atoms with Crippen LogP contribution < -0.4 is 0 Å². The van der Waals surface area contributed by atoms with Gasteiger partial charge in [0, 0.05) is 33.1 Å². The van der Waals surface area contributed by atoms with E-state index in [1.165, 1.54) is 16.5 Å². The summed E-state index contributed by atoms with van der Waals surface area (Å²) >= 11 is 8.05. The number of hydrogen-bond donors (Lipinski definition) is 1. The molecule has 0 bridgehead atoms. The van der Waals surface area contributed by atoms with Gasteiger partial charge in [-0.15, -0.1) is 11.8 Å². The van der Waals surface area contributed by atoms with Gasteiger partial charge >= 0.3 is 0 Å². The average Bonchev–Trinajstić information content (AvgIpc) is 2.89. The second-order valence-corrected chi connectivity index (χ2v) is 6.64. The smallest absolute Gasteiger partial charge is 0.0458 e. The first-order chi connectivity index (χ1) is 9.74. The van der Waals surface area contributed by atoms with Gasteiger partial charge in [0.2, 0.25) is 0 Å². The maximum atomic E-state index is 6.10. The Labute approximate surface area is 128 Å². The molecule has 20 heavy (non-hydrogen) atoms. The number of nitrogens with one attached hydrogen (secondary N) is 1. The highest BCUT2D eigenvalue weighted by atomic mass is 35.5. The molecule has 0 aliphatic heterocycles. The average molecular weight is 302 g/mol. The third kappa shape index (κ3) is 2.87. The minimum absolute atomic E-state index is 0.433. The fraction of sp³-hybridized carbons (Fsp3) is 0.176. The molecule has 1 atom stereocenters. The van der Waals surface area contributed by atoms with Crippen molar-refractivity contribution in [3.8, 4) is 0 Å². The molecule has 0 aliphatic rings. The molecule has 3 heteroatoms. The van der Waals surface area contributed by atoms with Crippen LogP contribution in [0.2, 0.25) is 5.02 Å². The molecule has 3 aromatic rings. The summed E-state index contributed by atoms with van der Waals surface area (Å²) in [5.41, 5.74) is 3.84. The number of rotatable bonds is 4. The Morgan fingerprint density at radius 3 is 2.75 bits per heavy atom. The molecule has 0 saturated heterocycles. The zero-order valence-corrected chi connectivity index (χ0v) is 12.8. The van der Waals surface area contributed by atoms with Crippen molar-refractivity contribution in [2.75, 3.05) is 0 Å². The Hall–Kier alpha value is -1.38. The van der Waals surface area contributed by atoms with Crippen LogP contribution in [0.15, 0.2) is 54.7 Å². The van der Waals surface area contributed by atoms with E-state index in [4.69, 9.17) is 11.6 Å². The van der Waals surface area contributed by atoms with E-state index in [0.717, 1.165) is 16.3 Å². The van der Waals surface area contributed by atoms with Crippen LogP contribution >= 0.6 is 23.4 Å². The lowest BCUT2D eigenvalue weighted by Gasteiger charge is -2.10. The normalized spacial score (nSPS) is 12.7. The minimum Gasteiger partial charge on any atom is -0.361 e. The highest BCUT2D eigenvalue weighted by molar-refractivity contribution is 7.98. The van der Waals surface area contributed by atoms with Crippen molar-refractivity contribution >= 4 is 34.3 Å². The molecule has 102 valence electrons. The summed E-state index contributed by atoms with van der Waals surface area (Å²) in [6.45, 7) is 2.25. The molecule has 0 aliphatic carbocycles. The second kappa shape index (κ2) is 5.94. The van der Waals surface area contributed by atoms with Crippen molar-refractivity contribution in [2.45, 2.75) is 17.9 Å². The molecule has 3 rings (SSSR count). The van der Waals surface area contributed by atoms with Crippen molar-refractivity contribution in [1.29, 1.82) is 0 Å². The van der Waals surface area contributed by atoms with Crippen molar-refractivity contribution in [3.63, 3.8) is 0 Å². The lowest BCUT2D eigenvalue weighted by atomic mass is 10.1. The van der Waals surface area contributed by atoms with Crippen molar-refractivity contribution in [3.05, 3.63) is 70.9 Å². The molecule has 1 heterocycles. The Kier molecular flexibility index (Phi) is 4.04. The van der Waals surface area contributed by atoms with E-state index < -0.39 is 0 Å². The number of halogens is 1. The molecule has 1 N–H and O–H groups in total. The summed E-state index contributed by atoms with van der Waals surface area (Å²) in [4.78, 5) is 3.32. The molecule has 0 fully saturated rings. The number of thioether (sulfide) groups is 1. The van der Waals surface area contributed by atoms with Crippen molar-refractivity contribution < 1.29 is 0 Å². The van der Waals surface area contributed by atoms with Gasteiger partial charge in [-0.2, -0.15) is 0 Å². The van der Waals surface area contributed by atoms with Crippen LogP contribution in [-0.2, 0) is 5.75 Å². The van der Waals surface area contributed by atoms with Crippen LogP contribution in [0.3, 0.4) is 0 Å². The quantitative estimate of drug-likeness (QED) is 0.642. The molecule has 1 aromatic heterocycles. The summed E-state index contributed by atoms with van der Waals surface area (Å²) in [5, 5.41) is 2.45. The van der Waals surface area contributed by atoms with Gasteiger partial charge in [-0.05, 0) is 36.2 Å². The first-order valence-electron chi connectivity index (χ1n) is 6.66. The largest absolute Gasteiger partial charge is 0.361 e. The highest BCUT2D eigenvalue weighted by Gasteiger charge is 2.12. The molecule has 0 saturated carbocycles. The van der Waals surface area contributed by atoms with Gasteiger partial charge in [0.1, 0.15) is 0 Å². The number of aromatic nitrogens is 1. The topological polar surface area (TPSA) is 15.8 Å². The summed E-state index contributed by atoms with van der Waals surface area (Å²) in [6.07, 6.45) is 2.10. The fourth-order valence-electron chi connectivity index (χ4n) is 2.34. The summed E-state index contributed by atoms with van der Waals surface area (Å²) in [7, 11) is 0. The third-order valence-electron chi connectivity index (χ3n) is 3.46. The van der Waals surface area contributed by atoms with Gasteiger partial charge < -0.3 is 4.98 Å². The molecular weight excluding hydrogens is 286 g/mol. The van der Waals surface area contributed by atoms with Gasteiger partial charge in [0.15, 0.2) is 0 Å². The second-order valence-electron chi connectivity index (χ2n) is 4.87. The number of hydrogen-bond acceptors (Lipinski definition) is 1. The molecule has 1 unspecified atom stereocenters. The van der Waals surface area contributed by atoms with Crippen LogP contribution in [0.1, 0.15) is 23.3 Å². The number of H-pyrrole nitrogens is 1. The molecule has 0 spiro atoms. The molecule has 0 amide bonds. The first-order valence-corrected chi connectivity index (χ1v) is 8.09. The summed E-state index contributed by atoms with van der Waals surface area (Å²) in [6, 6.07) is 16.6. The predicted molar refractivity (Wildman–Crippen MR) is 89.5 cm³/mol. The number of fused-ring (bicyclic) bond motifs is 1. The van der Waals surface area contributed by atoms with Gasteiger partial charge in [-0.1, -0.05) is 41.9 Å². The van der Waals surface area contributed by atoms with E-state index in [1.54, 1.807) is 0 Å². The Balaban J connectivity index is 1.78. The van der Waals surface area contributed by atoms with E-state index in [1.807, 2.05) is 30.0 Å². The summed E-state index contributed by atoms with van der Waals surface area (Å²) < 4.78 is 0. The van der Waals surface area contributed by atoms with E-state index in [0.29, 0.717) is 5.25 Å². The van der Waals surface area contributed by atoms with Gasteiger partial charge in [0.05, 0.1) is 0 Å². The molecule has 0 radical (unpaired) electrons. The van der Waals surface area contributed by atoms with Crippen LogP contribution in [0, 0.1) is 0 Å². The van der Waals surface area contributed by atoms with Gasteiger partial charge in [-0.3, -0.25) is 0 Å². The zero-order chi connectivity index (χ0) is 13.9. The molecular formula is C17H16ClNS. The molecule has 2 aromatic carbocycles. The first kappa shape index (κ1) is 13.6. The SMILES string of the molecule is CC(SCc1ccccc1)c1c[nH]c2ccc(Cl)cc12. The van der Waals surface area contributed by atoms with E-state index in [-0.39, 0.29) is 0 Å². The fourth-order valence-corrected chi connectivity index (χ4v) is 3.52. The van der Waals surface area contributed by atoms with E-state index in [9.17, 15) is 0 Å². The Morgan fingerprint density at radius 2 is 1.95 bits per heavy atom. The standard InChI is InChI=1S/C17H16ClNS/c1-12(20-11-13-5-3-2-4-6-13)16-10-19-17-8-7-14(18)9-15(16)17/h2-10,12,19H,11H2,1H3. The van der Waals surface area contributed by atoms with Crippen LogP contribution in [0.4, 0.5) is 0 Å². The summed E-state index contributed by atoms with van der Waals surface area (Å²) in [5.74, 6) is 1.02. The van der Waals surface area contributed by atoms with E-state index in [2.05, 4.69) is 48.4 Å². The van der Waals surface area contributed by atoms with Gasteiger partial charge in [-0.25, -0.2) is 0 Å². The zero-order valence-electron chi connectivity index (χ0n) is 11.3. The maximum absolute atomic E-state index is 6.10. The third-order valence-corrected chi connectivity index (χ3v) is 4.95. The van der Waals surface area contributed by atoms with Crippen molar-refractivity contribution in [2.24, 2.45) is 0 Å². The lowest BCUT2D eigenvalue weighted by Crippen LogP contribution is -1.88. The minimum atomic E-state index is 0.433. The highest BCUT2D eigenvalue weighted by Crippen LogP contribution is 2.36. The maximum Gasteiger partial charge on any atom is 0.0458 e. The van der Waals surface area contributed by atoms with Gasteiger partial charge in [0.25, 0.3) is 0 Å². The molecule has 1 nitrogen and oxygen atoms in total. The lowest BCUT2D eigenvalue weighted by molar-refractivity contribution is 1.11. The monoisotopic (exact) mass is 301 g/mol.